The van der Waals surface area contributed by atoms with Crippen LogP contribution < -0.4 is 10.6 Å². The molecule has 1 saturated heterocycles. The lowest BCUT2D eigenvalue weighted by Gasteiger charge is -2.42. The van der Waals surface area contributed by atoms with Gasteiger partial charge < -0.3 is 20.3 Å². The lowest BCUT2D eigenvalue weighted by atomic mass is 9.94. The van der Waals surface area contributed by atoms with E-state index in [1.807, 2.05) is 13.8 Å². The lowest BCUT2D eigenvalue weighted by Crippen LogP contribution is -2.57. The molecule has 0 saturated carbocycles. The molecule has 3 rings (SSSR count). The Balaban J connectivity index is 1.96. The fraction of sp³-hybridized carbons (Fsp3) is 0.522. The van der Waals surface area contributed by atoms with E-state index in [1.54, 1.807) is 37.1 Å². The van der Waals surface area contributed by atoms with E-state index in [1.165, 1.54) is 4.90 Å². The Morgan fingerprint density at radius 2 is 1.97 bits per heavy atom. The van der Waals surface area contributed by atoms with E-state index in [4.69, 9.17) is 27.9 Å². The van der Waals surface area contributed by atoms with Gasteiger partial charge in [-0.25, -0.2) is 14.4 Å². The van der Waals surface area contributed by atoms with Crippen LogP contribution in [0.3, 0.4) is 0 Å². The number of nitrogens with zero attached hydrogens (tertiary/aromatic N) is 3. The quantitative estimate of drug-likeness (QED) is 0.571. The smallest absolute Gasteiger partial charge is 0.338 e. The van der Waals surface area contributed by atoms with Crippen molar-refractivity contribution in [1.82, 2.24) is 25.3 Å². The molecule has 0 spiro atoms. The third kappa shape index (κ3) is 5.59. The Morgan fingerprint density at radius 1 is 1.24 bits per heavy atom. The second-order valence-electron chi connectivity index (χ2n) is 8.30. The Kier molecular flexibility index (Phi) is 8.67. The molecular weight excluding hydrogens is 481 g/mol. The zero-order valence-electron chi connectivity index (χ0n) is 19.9. The number of piperazine rings is 1. The molecule has 2 aliphatic heterocycles. The molecule has 9 nitrogen and oxygen atoms in total. The van der Waals surface area contributed by atoms with Gasteiger partial charge in [-0.3, -0.25) is 9.80 Å². The average Bonchev–Trinajstić information content (AvgIpc) is 2.77. The summed E-state index contributed by atoms with van der Waals surface area (Å²) in [5.41, 5.74) is 1.42. The van der Waals surface area contributed by atoms with E-state index < -0.39 is 12.0 Å². The van der Waals surface area contributed by atoms with Crippen molar-refractivity contribution in [3.05, 3.63) is 45.1 Å². The first kappa shape index (κ1) is 26.1. The number of nitrogens with one attached hydrogen (secondary N) is 2. The summed E-state index contributed by atoms with van der Waals surface area (Å²) in [7, 11) is 1.62. The minimum absolute atomic E-state index is 0.0313. The summed E-state index contributed by atoms with van der Waals surface area (Å²) >= 11 is 12.5. The molecule has 2 aliphatic rings. The number of esters is 1. The van der Waals surface area contributed by atoms with Crippen LogP contribution in [0.5, 0.6) is 0 Å². The number of carbonyl (C=O) groups excluding carboxylic acids is 3. The van der Waals surface area contributed by atoms with Crippen LogP contribution in [-0.4, -0.2) is 85.2 Å². The molecular formula is C23H31Cl2N5O4. The summed E-state index contributed by atoms with van der Waals surface area (Å²) in [6.07, 6.45) is 0. The number of benzene rings is 1. The Hall–Kier alpha value is -2.49. The summed E-state index contributed by atoms with van der Waals surface area (Å²) in [5.74, 6) is -0.519. The Bertz CT molecular complexity index is 986. The molecule has 1 fully saturated rings. The molecule has 2 heterocycles. The molecule has 1 aromatic rings. The predicted molar refractivity (Wildman–Crippen MR) is 131 cm³/mol. The SMILES string of the molecule is CCNC(=O)N1CCN(CC2=C(C(=O)OCC)[C@H](c3ccc(Cl)cc3Cl)NC(=O)N2C)C[C@H]1C. The predicted octanol–water partition coefficient (Wildman–Crippen LogP) is 3.24. The summed E-state index contributed by atoms with van der Waals surface area (Å²) < 4.78 is 5.37. The number of halogens is 2. The highest BCUT2D eigenvalue weighted by molar-refractivity contribution is 6.35. The van der Waals surface area contributed by atoms with Gasteiger partial charge in [-0.05, 0) is 38.5 Å². The normalized spacial score (nSPS) is 21.4. The van der Waals surface area contributed by atoms with E-state index in [0.717, 1.165) is 0 Å². The third-order valence-electron chi connectivity index (χ3n) is 6.02. The Labute approximate surface area is 210 Å². The summed E-state index contributed by atoms with van der Waals surface area (Å²) in [6, 6.07) is 3.68. The Morgan fingerprint density at radius 3 is 2.59 bits per heavy atom. The van der Waals surface area contributed by atoms with Crippen LogP contribution in [0.1, 0.15) is 32.4 Å². The zero-order valence-corrected chi connectivity index (χ0v) is 21.4. The summed E-state index contributed by atoms with van der Waals surface area (Å²) in [5, 5.41) is 6.50. The highest BCUT2D eigenvalue weighted by Gasteiger charge is 2.39. The average molecular weight is 512 g/mol. The van der Waals surface area contributed by atoms with Crippen molar-refractivity contribution in [2.45, 2.75) is 32.9 Å². The lowest BCUT2D eigenvalue weighted by molar-refractivity contribution is -0.139. The molecule has 0 aliphatic carbocycles. The number of urea groups is 2. The van der Waals surface area contributed by atoms with Gasteiger partial charge in [0.15, 0.2) is 0 Å². The second-order valence-corrected chi connectivity index (χ2v) is 9.14. The minimum atomic E-state index is -0.781. The van der Waals surface area contributed by atoms with Crippen molar-refractivity contribution < 1.29 is 19.1 Å². The third-order valence-corrected chi connectivity index (χ3v) is 6.58. The summed E-state index contributed by atoms with van der Waals surface area (Å²) in [6.45, 7) is 8.43. The van der Waals surface area contributed by atoms with Crippen molar-refractivity contribution in [2.75, 3.05) is 46.4 Å². The topological polar surface area (TPSA) is 94.2 Å². The number of likely N-dealkylation sites (N-methyl/N-ethyl adjacent to an activating group) is 1. The zero-order chi connectivity index (χ0) is 25.0. The van der Waals surface area contributed by atoms with E-state index in [0.29, 0.717) is 59.6 Å². The highest BCUT2D eigenvalue weighted by Crippen LogP contribution is 2.36. The van der Waals surface area contributed by atoms with Gasteiger partial charge in [0.05, 0.1) is 18.2 Å². The second kappa shape index (κ2) is 11.3. The largest absolute Gasteiger partial charge is 0.463 e. The van der Waals surface area contributed by atoms with Gasteiger partial charge in [0.25, 0.3) is 0 Å². The van der Waals surface area contributed by atoms with Gasteiger partial charge in [0, 0.05) is 61.6 Å². The molecule has 2 atom stereocenters. The van der Waals surface area contributed by atoms with Crippen molar-refractivity contribution >= 4 is 41.2 Å². The van der Waals surface area contributed by atoms with Crippen molar-refractivity contribution in [1.29, 1.82) is 0 Å². The maximum Gasteiger partial charge on any atom is 0.338 e. The molecule has 186 valence electrons. The van der Waals surface area contributed by atoms with Gasteiger partial charge in [0.1, 0.15) is 0 Å². The number of hydrogen-bond acceptors (Lipinski definition) is 5. The first-order chi connectivity index (χ1) is 16.2. The van der Waals surface area contributed by atoms with Crippen LogP contribution in [0.4, 0.5) is 9.59 Å². The monoisotopic (exact) mass is 511 g/mol. The summed E-state index contributed by atoms with van der Waals surface area (Å²) in [4.78, 5) is 43.7. The van der Waals surface area contributed by atoms with Crippen LogP contribution in [0.2, 0.25) is 10.0 Å². The number of ether oxygens (including phenoxy) is 1. The van der Waals surface area contributed by atoms with E-state index >= 15 is 0 Å². The van der Waals surface area contributed by atoms with Gasteiger partial charge in [-0.15, -0.1) is 0 Å². The van der Waals surface area contributed by atoms with Crippen LogP contribution in [-0.2, 0) is 9.53 Å². The van der Waals surface area contributed by atoms with Gasteiger partial charge >= 0.3 is 18.0 Å². The standard InChI is InChI=1S/C23H31Cl2N5O4/c1-5-26-22(32)30-10-9-29(12-14(30)3)13-18-19(21(31)34-6-2)20(27-23(33)28(18)4)16-8-7-15(24)11-17(16)25/h7-8,11,14,20H,5-6,9-10,12-13H2,1-4H3,(H,26,32)(H,27,33)/t14-,20+/m1/s1. The molecule has 34 heavy (non-hydrogen) atoms. The van der Waals surface area contributed by atoms with Crippen LogP contribution >= 0.6 is 23.2 Å². The first-order valence-corrected chi connectivity index (χ1v) is 12.1. The molecule has 11 heteroatoms. The molecule has 2 N–H and O–H groups in total. The van der Waals surface area contributed by atoms with Crippen LogP contribution in [0, 0.1) is 0 Å². The van der Waals surface area contributed by atoms with Crippen molar-refractivity contribution in [3.63, 3.8) is 0 Å². The van der Waals surface area contributed by atoms with Crippen LogP contribution in [0.15, 0.2) is 29.5 Å². The van der Waals surface area contributed by atoms with Gasteiger partial charge in [-0.1, -0.05) is 29.3 Å². The fourth-order valence-corrected chi connectivity index (χ4v) is 4.83. The van der Waals surface area contributed by atoms with Crippen molar-refractivity contribution in [2.24, 2.45) is 0 Å². The van der Waals surface area contributed by atoms with Crippen molar-refractivity contribution in [3.8, 4) is 0 Å². The maximum absolute atomic E-state index is 13.1. The van der Waals surface area contributed by atoms with Gasteiger partial charge in [-0.2, -0.15) is 0 Å². The minimum Gasteiger partial charge on any atom is -0.463 e. The van der Waals surface area contributed by atoms with Crippen LogP contribution in [0.25, 0.3) is 0 Å². The fourth-order valence-electron chi connectivity index (χ4n) is 4.31. The molecule has 0 radical (unpaired) electrons. The number of hydrogen-bond donors (Lipinski definition) is 2. The molecule has 0 aromatic heterocycles. The molecule has 0 unspecified atom stereocenters. The van der Waals surface area contributed by atoms with Gasteiger partial charge in [0.2, 0.25) is 0 Å². The van der Waals surface area contributed by atoms with E-state index in [9.17, 15) is 14.4 Å². The first-order valence-electron chi connectivity index (χ1n) is 11.3. The number of rotatable bonds is 6. The highest BCUT2D eigenvalue weighted by atomic mass is 35.5. The number of carbonyl (C=O) groups is 3. The number of amides is 4. The maximum atomic E-state index is 13.1. The molecule has 0 bridgehead atoms. The van der Waals surface area contributed by atoms with E-state index in [-0.39, 0.29) is 24.7 Å². The molecule has 4 amide bonds. The van der Waals surface area contributed by atoms with E-state index in [2.05, 4.69) is 15.5 Å². The molecule has 1 aromatic carbocycles.